The average Bonchev–Trinajstić information content (AvgIpc) is 3.13. The second-order valence-electron chi connectivity index (χ2n) is 8.37. The summed E-state index contributed by atoms with van der Waals surface area (Å²) in [5, 5.41) is 2.84. The van der Waals surface area contributed by atoms with Crippen LogP contribution >= 0.6 is 0 Å². The van der Waals surface area contributed by atoms with Gasteiger partial charge >= 0.3 is 6.09 Å². The highest BCUT2D eigenvalue weighted by Gasteiger charge is 2.62. The predicted molar refractivity (Wildman–Crippen MR) is 94.2 cm³/mol. The summed E-state index contributed by atoms with van der Waals surface area (Å²) in [6, 6.07) is 8.57. The third-order valence-corrected chi connectivity index (χ3v) is 6.47. The van der Waals surface area contributed by atoms with Gasteiger partial charge in [-0.2, -0.15) is 0 Å². The van der Waals surface area contributed by atoms with Crippen LogP contribution in [0.4, 0.5) is 4.79 Å². The molecule has 1 saturated heterocycles. The number of nitrogens with one attached hydrogen (secondary N) is 1. The molecule has 5 nitrogen and oxygen atoms in total. The number of alkyl carbamates (subject to hydrolysis) is 1. The SMILES string of the molecule is COC(=O)N[C@]1(C)C[C@H](C(=O)N2CC3CC3(c3ccccc3C)C2)C1. The van der Waals surface area contributed by atoms with Crippen molar-refractivity contribution in [1.82, 2.24) is 10.2 Å². The number of aryl methyl sites for hydroxylation is 1. The van der Waals surface area contributed by atoms with E-state index in [0.717, 1.165) is 13.1 Å². The van der Waals surface area contributed by atoms with Crippen molar-refractivity contribution in [2.24, 2.45) is 11.8 Å². The molecule has 1 N–H and O–H groups in total. The fourth-order valence-corrected chi connectivity index (χ4v) is 5.06. The van der Waals surface area contributed by atoms with Gasteiger partial charge in [-0.15, -0.1) is 0 Å². The normalized spacial score (nSPS) is 35.6. The van der Waals surface area contributed by atoms with Crippen LogP contribution in [-0.4, -0.2) is 42.6 Å². The Morgan fingerprint density at radius 1 is 1.24 bits per heavy atom. The molecule has 1 aromatic rings. The molecule has 0 radical (unpaired) electrons. The van der Waals surface area contributed by atoms with Gasteiger partial charge in [-0.25, -0.2) is 4.79 Å². The van der Waals surface area contributed by atoms with Crippen LogP contribution in [0, 0.1) is 18.8 Å². The molecular weight excluding hydrogens is 316 g/mol. The van der Waals surface area contributed by atoms with Gasteiger partial charge in [0, 0.05) is 30.0 Å². The number of hydrogen-bond acceptors (Lipinski definition) is 3. The molecule has 2 unspecified atom stereocenters. The Morgan fingerprint density at radius 3 is 2.64 bits per heavy atom. The molecular formula is C20H26N2O3. The van der Waals surface area contributed by atoms with Crippen molar-refractivity contribution >= 4 is 12.0 Å². The van der Waals surface area contributed by atoms with Crippen molar-refractivity contribution in [2.75, 3.05) is 20.2 Å². The van der Waals surface area contributed by atoms with Gasteiger partial charge in [0.25, 0.3) is 0 Å². The Balaban J connectivity index is 1.39. The molecule has 2 saturated carbocycles. The van der Waals surface area contributed by atoms with E-state index in [9.17, 15) is 9.59 Å². The lowest BCUT2D eigenvalue weighted by Gasteiger charge is -2.45. The average molecular weight is 342 g/mol. The molecule has 25 heavy (non-hydrogen) atoms. The van der Waals surface area contributed by atoms with Crippen molar-refractivity contribution in [3.05, 3.63) is 35.4 Å². The summed E-state index contributed by atoms with van der Waals surface area (Å²) in [5.74, 6) is 0.884. The van der Waals surface area contributed by atoms with Crippen LogP contribution in [0.5, 0.6) is 0 Å². The Hall–Kier alpha value is -2.04. The Bertz CT molecular complexity index is 725. The zero-order valence-electron chi connectivity index (χ0n) is 15.2. The summed E-state index contributed by atoms with van der Waals surface area (Å²) < 4.78 is 4.67. The van der Waals surface area contributed by atoms with E-state index < -0.39 is 6.09 Å². The molecule has 1 aromatic carbocycles. The van der Waals surface area contributed by atoms with Gasteiger partial charge in [-0.05, 0) is 50.2 Å². The maximum Gasteiger partial charge on any atom is 0.407 e. The maximum absolute atomic E-state index is 12.9. The van der Waals surface area contributed by atoms with E-state index >= 15 is 0 Å². The van der Waals surface area contributed by atoms with Gasteiger partial charge in [-0.3, -0.25) is 4.79 Å². The molecule has 0 aromatic heterocycles. The third-order valence-electron chi connectivity index (χ3n) is 6.47. The van der Waals surface area contributed by atoms with Gasteiger partial charge in [0.05, 0.1) is 7.11 Å². The van der Waals surface area contributed by atoms with E-state index in [-0.39, 0.29) is 22.8 Å². The van der Waals surface area contributed by atoms with E-state index in [0.29, 0.717) is 18.8 Å². The highest BCUT2D eigenvalue weighted by Crippen LogP contribution is 2.60. The number of likely N-dealkylation sites (tertiary alicyclic amines) is 1. The maximum atomic E-state index is 12.9. The first-order valence-electron chi connectivity index (χ1n) is 9.08. The number of carbonyl (C=O) groups excluding carboxylic acids is 2. The van der Waals surface area contributed by atoms with Crippen molar-refractivity contribution < 1.29 is 14.3 Å². The topological polar surface area (TPSA) is 58.6 Å². The zero-order chi connectivity index (χ0) is 17.8. The minimum atomic E-state index is -0.422. The van der Waals surface area contributed by atoms with Crippen LogP contribution < -0.4 is 5.32 Å². The number of piperidine rings is 1. The minimum absolute atomic E-state index is 0.0218. The second kappa shape index (κ2) is 5.48. The molecule has 134 valence electrons. The van der Waals surface area contributed by atoms with E-state index in [1.807, 2.05) is 6.92 Å². The first-order chi connectivity index (χ1) is 11.9. The molecule has 3 fully saturated rings. The van der Waals surface area contributed by atoms with E-state index in [1.54, 1.807) is 0 Å². The molecule has 1 heterocycles. The number of benzene rings is 1. The summed E-state index contributed by atoms with van der Waals surface area (Å²) >= 11 is 0. The second-order valence-corrected chi connectivity index (χ2v) is 8.37. The third kappa shape index (κ3) is 2.60. The number of hydrogen-bond donors (Lipinski definition) is 1. The molecule has 1 aliphatic heterocycles. The first kappa shape index (κ1) is 16.4. The summed E-state index contributed by atoms with van der Waals surface area (Å²) in [7, 11) is 1.36. The van der Waals surface area contributed by atoms with Crippen molar-refractivity contribution in [3.8, 4) is 0 Å². The first-order valence-corrected chi connectivity index (χ1v) is 9.08. The lowest BCUT2D eigenvalue weighted by Crippen LogP contribution is -2.58. The number of nitrogens with zero attached hydrogens (tertiary/aromatic N) is 1. The molecule has 2 aliphatic carbocycles. The van der Waals surface area contributed by atoms with Crippen LogP contribution in [0.2, 0.25) is 0 Å². The van der Waals surface area contributed by atoms with Crippen LogP contribution in [0.1, 0.15) is 37.3 Å². The molecule has 3 aliphatic rings. The number of ether oxygens (including phenoxy) is 1. The van der Waals surface area contributed by atoms with Gasteiger partial charge in [0.15, 0.2) is 0 Å². The van der Waals surface area contributed by atoms with Gasteiger partial charge < -0.3 is 15.0 Å². The minimum Gasteiger partial charge on any atom is -0.453 e. The molecule has 0 bridgehead atoms. The molecule has 0 spiro atoms. The standard InChI is InChI=1S/C20H26N2O3/c1-13-6-4-5-7-16(13)20-10-15(20)11-22(12-20)17(23)14-8-19(2,9-14)21-18(24)25-3/h4-7,14-15H,8-12H2,1-3H3,(H,21,24)/t14-,15?,19+,20?. The van der Waals surface area contributed by atoms with Crippen molar-refractivity contribution in [1.29, 1.82) is 0 Å². The number of rotatable bonds is 3. The molecule has 5 heteroatoms. The quantitative estimate of drug-likeness (QED) is 0.919. The fraction of sp³-hybridized carbons (Fsp3) is 0.600. The number of methoxy groups -OCH3 is 1. The Kier molecular flexibility index (Phi) is 3.60. The van der Waals surface area contributed by atoms with E-state index in [4.69, 9.17) is 0 Å². The summed E-state index contributed by atoms with van der Waals surface area (Å²) in [6.07, 6.45) is 2.17. The lowest BCUT2D eigenvalue weighted by molar-refractivity contribution is -0.140. The van der Waals surface area contributed by atoms with Crippen LogP contribution in [0.25, 0.3) is 0 Å². The molecule has 4 rings (SSSR count). The highest BCUT2D eigenvalue weighted by atomic mass is 16.5. The zero-order valence-corrected chi connectivity index (χ0v) is 15.2. The van der Waals surface area contributed by atoms with Crippen LogP contribution in [0.15, 0.2) is 24.3 Å². The van der Waals surface area contributed by atoms with Crippen LogP contribution in [-0.2, 0) is 14.9 Å². The van der Waals surface area contributed by atoms with Crippen molar-refractivity contribution in [2.45, 2.75) is 44.1 Å². The van der Waals surface area contributed by atoms with E-state index in [1.165, 1.54) is 24.7 Å². The fourth-order valence-electron chi connectivity index (χ4n) is 5.06. The summed E-state index contributed by atoms with van der Waals surface area (Å²) in [6.45, 7) is 5.87. The number of carbonyl (C=O) groups is 2. The number of amides is 2. The molecule has 2 atom stereocenters. The van der Waals surface area contributed by atoms with Gasteiger partial charge in [0.2, 0.25) is 5.91 Å². The monoisotopic (exact) mass is 342 g/mol. The summed E-state index contributed by atoms with van der Waals surface area (Å²) in [4.78, 5) is 26.3. The van der Waals surface area contributed by atoms with Gasteiger partial charge in [0.1, 0.15) is 0 Å². The highest BCUT2D eigenvalue weighted by molar-refractivity contribution is 5.82. The lowest BCUT2D eigenvalue weighted by atomic mass is 9.69. The largest absolute Gasteiger partial charge is 0.453 e. The van der Waals surface area contributed by atoms with Crippen molar-refractivity contribution in [3.63, 3.8) is 0 Å². The molecule has 2 amide bonds. The predicted octanol–water partition coefficient (Wildman–Crippen LogP) is 2.62. The van der Waals surface area contributed by atoms with E-state index in [2.05, 4.69) is 46.1 Å². The van der Waals surface area contributed by atoms with Crippen LogP contribution in [0.3, 0.4) is 0 Å². The Labute approximate surface area is 148 Å². The van der Waals surface area contributed by atoms with Gasteiger partial charge in [-0.1, -0.05) is 24.3 Å². The summed E-state index contributed by atoms with van der Waals surface area (Å²) in [5.41, 5.74) is 2.63. The Morgan fingerprint density at radius 2 is 1.96 bits per heavy atom. The smallest absolute Gasteiger partial charge is 0.407 e. The number of fused-ring (bicyclic) bond motifs is 1.